The summed E-state index contributed by atoms with van der Waals surface area (Å²) in [5, 5.41) is 3.32. The summed E-state index contributed by atoms with van der Waals surface area (Å²) in [5.74, 6) is 0. The number of fused-ring (bicyclic) bond motifs is 3. The fraction of sp³-hybridized carbons (Fsp3) is 0.0714. The van der Waals surface area contributed by atoms with E-state index in [2.05, 4.69) is 5.32 Å². The van der Waals surface area contributed by atoms with Crippen molar-refractivity contribution in [2.45, 2.75) is 6.54 Å². The minimum atomic E-state index is 0.0916. The zero-order valence-electron chi connectivity index (χ0n) is 8.73. The summed E-state index contributed by atoms with van der Waals surface area (Å²) in [6, 6.07) is 15.3. The second-order valence-corrected chi connectivity index (χ2v) is 3.88. The van der Waals surface area contributed by atoms with Crippen LogP contribution in [0.15, 0.2) is 53.3 Å². The van der Waals surface area contributed by atoms with Crippen molar-refractivity contribution in [3.8, 4) is 11.1 Å². The first-order valence-electron chi connectivity index (χ1n) is 5.32. The van der Waals surface area contributed by atoms with Gasteiger partial charge in [-0.05, 0) is 17.7 Å². The van der Waals surface area contributed by atoms with Crippen molar-refractivity contribution in [2.75, 3.05) is 5.32 Å². The van der Waals surface area contributed by atoms with Crippen LogP contribution in [0.25, 0.3) is 11.1 Å². The number of hydrogen-bond donors (Lipinski definition) is 1. The van der Waals surface area contributed by atoms with Crippen LogP contribution in [0, 0.1) is 0 Å². The second kappa shape index (κ2) is 3.49. The van der Waals surface area contributed by atoms with Crippen LogP contribution in [0.4, 0.5) is 5.69 Å². The zero-order chi connectivity index (χ0) is 11.0. The summed E-state index contributed by atoms with van der Waals surface area (Å²) < 4.78 is 0. The van der Waals surface area contributed by atoms with Crippen molar-refractivity contribution >= 4 is 5.69 Å². The van der Waals surface area contributed by atoms with Gasteiger partial charge in [-0.1, -0.05) is 36.4 Å². The Labute approximate surface area is 93.6 Å². The van der Waals surface area contributed by atoms with Gasteiger partial charge in [0.2, 0.25) is 0 Å². The molecule has 1 aliphatic rings. The van der Waals surface area contributed by atoms with Gasteiger partial charge < -0.3 is 5.32 Å². The van der Waals surface area contributed by atoms with Crippen molar-refractivity contribution in [1.82, 2.24) is 0 Å². The fourth-order valence-corrected chi connectivity index (χ4v) is 2.14. The Bertz CT molecular complexity index is 605. The number of anilines is 1. The molecule has 0 amide bonds. The fourth-order valence-electron chi connectivity index (χ4n) is 2.14. The van der Waals surface area contributed by atoms with Crippen LogP contribution >= 0.6 is 0 Å². The average Bonchev–Trinajstić information content (AvgIpc) is 2.51. The van der Waals surface area contributed by atoms with E-state index in [1.165, 1.54) is 0 Å². The molecule has 0 radical (unpaired) electrons. The molecule has 0 unspecified atom stereocenters. The van der Waals surface area contributed by atoms with Gasteiger partial charge in [-0.25, -0.2) is 0 Å². The third-order valence-electron chi connectivity index (χ3n) is 2.89. The van der Waals surface area contributed by atoms with E-state index in [1.807, 2.05) is 36.4 Å². The van der Waals surface area contributed by atoms with Gasteiger partial charge in [0.25, 0.3) is 0 Å². The van der Waals surface area contributed by atoms with Crippen LogP contribution < -0.4 is 10.7 Å². The van der Waals surface area contributed by atoms with E-state index in [4.69, 9.17) is 0 Å². The molecular formula is C14H11NO. The molecule has 1 heterocycles. The minimum absolute atomic E-state index is 0.0916. The van der Waals surface area contributed by atoms with Gasteiger partial charge in [-0.15, -0.1) is 0 Å². The standard InChI is InChI=1S/C14H11NO/c16-13-8-4-1-5-10-9-15-12-7-3-2-6-11(12)14(10)13/h1-8,15H,9H2. The van der Waals surface area contributed by atoms with Gasteiger partial charge in [0.05, 0.1) is 0 Å². The van der Waals surface area contributed by atoms with E-state index in [-0.39, 0.29) is 5.43 Å². The first-order chi connectivity index (χ1) is 7.86. The molecule has 0 aromatic heterocycles. The zero-order valence-corrected chi connectivity index (χ0v) is 8.73. The molecule has 2 aromatic rings. The Balaban J connectivity index is 2.41. The predicted octanol–water partition coefficient (Wildman–Crippen LogP) is 2.64. The molecule has 2 heteroatoms. The first-order valence-corrected chi connectivity index (χ1v) is 5.32. The van der Waals surface area contributed by atoms with Crippen LogP contribution in [-0.2, 0) is 6.54 Å². The van der Waals surface area contributed by atoms with E-state index < -0.39 is 0 Å². The Kier molecular flexibility index (Phi) is 2.00. The highest BCUT2D eigenvalue weighted by molar-refractivity contribution is 5.82. The SMILES string of the molecule is O=c1ccccc2c1-c1ccccc1NC2. The van der Waals surface area contributed by atoms with Crippen molar-refractivity contribution < 1.29 is 0 Å². The van der Waals surface area contributed by atoms with E-state index in [1.54, 1.807) is 12.1 Å². The maximum absolute atomic E-state index is 12.0. The lowest BCUT2D eigenvalue weighted by Crippen LogP contribution is -2.13. The van der Waals surface area contributed by atoms with Gasteiger partial charge >= 0.3 is 0 Å². The lowest BCUT2D eigenvalue weighted by atomic mass is 9.96. The summed E-state index contributed by atoms with van der Waals surface area (Å²) in [4.78, 5) is 12.0. The maximum Gasteiger partial charge on any atom is 0.186 e. The molecule has 3 rings (SSSR count). The van der Waals surface area contributed by atoms with E-state index in [0.29, 0.717) is 0 Å². The normalized spacial score (nSPS) is 12.2. The molecule has 0 spiro atoms. The number of rotatable bonds is 0. The van der Waals surface area contributed by atoms with Crippen molar-refractivity contribution in [3.63, 3.8) is 0 Å². The van der Waals surface area contributed by atoms with Crippen LogP contribution in [0.3, 0.4) is 0 Å². The summed E-state index contributed by atoms with van der Waals surface area (Å²) in [6.07, 6.45) is 0. The molecule has 2 nitrogen and oxygen atoms in total. The minimum Gasteiger partial charge on any atom is -0.380 e. The van der Waals surface area contributed by atoms with Crippen LogP contribution in [0.1, 0.15) is 5.56 Å². The van der Waals surface area contributed by atoms with Crippen LogP contribution in [0.5, 0.6) is 0 Å². The van der Waals surface area contributed by atoms with Crippen molar-refractivity contribution in [3.05, 3.63) is 64.3 Å². The molecule has 0 atom stereocenters. The summed E-state index contributed by atoms with van der Waals surface area (Å²) >= 11 is 0. The average molecular weight is 209 g/mol. The Morgan fingerprint density at radius 2 is 1.69 bits per heavy atom. The number of para-hydroxylation sites is 1. The smallest absolute Gasteiger partial charge is 0.186 e. The molecule has 0 fully saturated rings. The molecule has 2 aromatic carbocycles. The van der Waals surface area contributed by atoms with Crippen molar-refractivity contribution in [2.24, 2.45) is 0 Å². The predicted molar refractivity (Wildman–Crippen MR) is 65.5 cm³/mol. The topological polar surface area (TPSA) is 29.1 Å². The van der Waals surface area contributed by atoms with E-state index in [9.17, 15) is 4.79 Å². The van der Waals surface area contributed by atoms with Gasteiger partial charge in [-0.3, -0.25) is 4.79 Å². The number of benzene rings is 1. The van der Waals surface area contributed by atoms with E-state index >= 15 is 0 Å². The molecule has 78 valence electrons. The van der Waals surface area contributed by atoms with Gasteiger partial charge in [0.1, 0.15) is 0 Å². The third kappa shape index (κ3) is 1.31. The molecule has 0 bridgehead atoms. The molecule has 1 N–H and O–H groups in total. The number of hydrogen-bond acceptors (Lipinski definition) is 2. The van der Waals surface area contributed by atoms with Gasteiger partial charge in [0, 0.05) is 23.4 Å². The van der Waals surface area contributed by atoms with Crippen LogP contribution in [0.2, 0.25) is 0 Å². The first kappa shape index (κ1) is 9.16. The molecule has 0 saturated carbocycles. The number of nitrogens with one attached hydrogen (secondary N) is 1. The van der Waals surface area contributed by atoms with Gasteiger partial charge in [0.15, 0.2) is 5.43 Å². The highest BCUT2D eigenvalue weighted by Gasteiger charge is 2.16. The monoisotopic (exact) mass is 209 g/mol. The summed E-state index contributed by atoms with van der Waals surface area (Å²) in [6.45, 7) is 0.719. The largest absolute Gasteiger partial charge is 0.380 e. The highest BCUT2D eigenvalue weighted by atomic mass is 16.1. The molecule has 16 heavy (non-hydrogen) atoms. The maximum atomic E-state index is 12.0. The summed E-state index contributed by atoms with van der Waals surface area (Å²) in [7, 11) is 0. The molecular weight excluding hydrogens is 198 g/mol. The van der Waals surface area contributed by atoms with E-state index in [0.717, 1.165) is 28.9 Å². The molecule has 0 saturated heterocycles. The second-order valence-electron chi connectivity index (χ2n) is 3.88. The Morgan fingerprint density at radius 1 is 0.938 bits per heavy atom. The lowest BCUT2D eigenvalue weighted by molar-refractivity contribution is 1.13. The quantitative estimate of drug-likeness (QED) is 0.722. The molecule has 0 aliphatic carbocycles. The molecule has 1 aliphatic heterocycles. The highest BCUT2D eigenvalue weighted by Crippen LogP contribution is 2.32. The van der Waals surface area contributed by atoms with Crippen LogP contribution in [-0.4, -0.2) is 0 Å². The van der Waals surface area contributed by atoms with Crippen molar-refractivity contribution in [1.29, 1.82) is 0 Å². The third-order valence-corrected chi connectivity index (χ3v) is 2.89. The summed E-state index contributed by atoms with van der Waals surface area (Å²) in [5.41, 5.74) is 4.03. The Hall–Kier alpha value is -2.09. The lowest BCUT2D eigenvalue weighted by Gasteiger charge is -2.19. The van der Waals surface area contributed by atoms with Gasteiger partial charge in [-0.2, -0.15) is 0 Å². The Morgan fingerprint density at radius 3 is 2.62 bits per heavy atom.